The van der Waals surface area contributed by atoms with E-state index in [2.05, 4.69) is 62.1 Å². The van der Waals surface area contributed by atoms with Crippen LogP contribution in [0.3, 0.4) is 0 Å². The van der Waals surface area contributed by atoms with E-state index in [1.807, 2.05) is 29.6 Å². The summed E-state index contributed by atoms with van der Waals surface area (Å²) in [7, 11) is 0. The molecule has 0 radical (unpaired) electrons. The van der Waals surface area contributed by atoms with E-state index in [0.717, 1.165) is 35.3 Å². The smallest absolute Gasteiger partial charge is 0.258 e. The summed E-state index contributed by atoms with van der Waals surface area (Å²) in [6, 6.07) is 16.2. The molecule has 2 aromatic carbocycles. The minimum atomic E-state index is -0.109. The number of nitrogens with one attached hydrogen (secondary N) is 1. The van der Waals surface area contributed by atoms with Gasteiger partial charge in [0.25, 0.3) is 5.91 Å². The molecule has 2 heterocycles. The van der Waals surface area contributed by atoms with Crippen molar-refractivity contribution in [2.24, 2.45) is 0 Å². The van der Waals surface area contributed by atoms with Crippen LogP contribution < -0.4 is 5.32 Å². The SMILES string of the molecule is O=C(Nc1nc(CN2CCc3ccccc3C2)cs1)c1ccccc1I. The predicted octanol–water partition coefficient (Wildman–Crippen LogP) is 4.56. The largest absolute Gasteiger partial charge is 0.298 e. The number of fused-ring (bicyclic) bond motifs is 1. The van der Waals surface area contributed by atoms with E-state index >= 15 is 0 Å². The third-order valence-corrected chi connectivity index (χ3v) is 6.23. The number of halogens is 1. The molecule has 0 saturated carbocycles. The van der Waals surface area contributed by atoms with Gasteiger partial charge in [-0.15, -0.1) is 11.3 Å². The summed E-state index contributed by atoms with van der Waals surface area (Å²) in [6.07, 6.45) is 1.08. The van der Waals surface area contributed by atoms with Crippen molar-refractivity contribution in [1.82, 2.24) is 9.88 Å². The molecule has 0 atom stereocenters. The first-order valence-corrected chi connectivity index (χ1v) is 10.4. The van der Waals surface area contributed by atoms with Crippen LogP contribution >= 0.6 is 33.9 Å². The van der Waals surface area contributed by atoms with Crippen LogP contribution in [0.4, 0.5) is 5.13 Å². The maximum absolute atomic E-state index is 12.4. The Labute approximate surface area is 170 Å². The van der Waals surface area contributed by atoms with E-state index in [0.29, 0.717) is 10.7 Å². The van der Waals surface area contributed by atoms with Gasteiger partial charge in [0.15, 0.2) is 5.13 Å². The fraction of sp³-hybridized carbons (Fsp3) is 0.200. The van der Waals surface area contributed by atoms with Crippen LogP contribution in [0, 0.1) is 3.57 Å². The van der Waals surface area contributed by atoms with Crippen molar-refractivity contribution in [3.05, 3.63) is 79.9 Å². The fourth-order valence-corrected chi connectivity index (χ4v) is 4.49. The molecule has 6 heteroatoms. The molecule has 1 aromatic heterocycles. The molecule has 1 amide bonds. The Hall–Kier alpha value is -1.77. The summed E-state index contributed by atoms with van der Waals surface area (Å²) >= 11 is 3.66. The van der Waals surface area contributed by atoms with Gasteiger partial charge in [-0.3, -0.25) is 15.0 Å². The number of carbonyl (C=O) groups excluding carboxylic acids is 1. The summed E-state index contributed by atoms with van der Waals surface area (Å²) in [5.74, 6) is -0.109. The van der Waals surface area contributed by atoms with E-state index < -0.39 is 0 Å². The number of nitrogens with zero attached hydrogens (tertiary/aromatic N) is 2. The Bertz CT molecular complexity index is 940. The van der Waals surface area contributed by atoms with Crippen LogP contribution in [0.1, 0.15) is 27.2 Å². The van der Waals surface area contributed by atoms with Crippen molar-refractivity contribution in [1.29, 1.82) is 0 Å². The van der Waals surface area contributed by atoms with Gasteiger partial charge in [0, 0.05) is 28.6 Å². The van der Waals surface area contributed by atoms with Crippen LogP contribution in [-0.4, -0.2) is 22.3 Å². The minimum Gasteiger partial charge on any atom is -0.298 e. The van der Waals surface area contributed by atoms with Crippen molar-refractivity contribution < 1.29 is 4.79 Å². The lowest BCUT2D eigenvalue weighted by molar-refractivity contribution is 0.102. The maximum Gasteiger partial charge on any atom is 0.258 e. The van der Waals surface area contributed by atoms with Crippen LogP contribution in [-0.2, 0) is 19.5 Å². The van der Waals surface area contributed by atoms with Gasteiger partial charge in [0.05, 0.1) is 11.3 Å². The van der Waals surface area contributed by atoms with Gasteiger partial charge < -0.3 is 0 Å². The van der Waals surface area contributed by atoms with Crippen LogP contribution in [0.5, 0.6) is 0 Å². The maximum atomic E-state index is 12.4. The number of thiazole rings is 1. The Kier molecular flexibility index (Phi) is 5.33. The first kappa shape index (κ1) is 17.6. The van der Waals surface area contributed by atoms with Crippen molar-refractivity contribution >= 4 is 45.0 Å². The lowest BCUT2D eigenvalue weighted by Gasteiger charge is -2.27. The number of hydrogen-bond donors (Lipinski definition) is 1. The molecule has 4 nitrogen and oxygen atoms in total. The van der Waals surface area contributed by atoms with Gasteiger partial charge in [0.1, 0.15) is 0 Å². The van der Waals surface area contributed by atoms with Crippen molar-refractivity contribution in [3.63, 3.8) is 0 Å². The molecular weight excluding hydrogens is 457 g/mol. The molecule has 0 spiro atoms. The van der Waals surface area contributed by atoms with Gasteiger partial charge in [-0.2, -0.15) is 0 Å². The number of benzene rings is 2. The van der Waals surface area contributed by atoms with Crippen molar-refractivity contribution in [3.8, 4) is 0 Å². The first-order chi connectivity index (χ1) is 12.7. The molecule has 132 valence electrons. The zero-order valence-corrected chi connectivity index (χ0v) is 17.1. The highest BCUT2D eigenvalue weighted by atomic mass is 127. The minimum absolute atomic E-state index is 0.109. The normalized spacial score (nSPS) is 14.0. The second-order valence-corrected chi connectivity index (χ2v) is 8.33. The monoisotopic (exact) mass is 475 g/mol. The van der Waals surface area contributed by atoms with Gasteiger partial charge in [-0.1, -0.05) is 36.4 Å². The molecule has 1 aliphatic rings. The van der Waals surface area contributed by atoms with E-state index in [1.165, 1.54) is 22.5 Å². The fourth-order valence-electron chi connectivity index (χ4n) is 3.17. The second-order valence-electron chi connectivity index (χ2n) is 6.31. The molecule has 0 fully saturated rings. The number of carbonyl (C=O) groups is 1. The molecule has 1 aliphatic heterocycles. The lowest BCUT2D eigenvalue weighted by Crippen LogP contribution is -2.30. The molecule has 0 unspecified atom stereocenters. The molecule has 0 aliphatic carbocycles. The summed E-state index contributed by atoms with van der Waals surface area (Å²) in [6.45, 7) is 2.81. The van der Waals surface area contributed by atoms with Crippen molar-refractivity contribution in [2.45, 2.75) is 19.5 Å². The lowest BCUT2D eigenvalue weighted by atomic mass is 10.00. The Balaban J connectivity index is 1.40. The molecule has 0 bridgehead atoms. The van der Waals surface area contributed by atoms with E-state index in [4.69, 9.17) is 0 Å². The van der Waals surface area contributed by atoms with Gasteiger partial charge in [-0.25, -0.2) is 4.98 Å². The third-order valence-electron chi connectivity index (χ3n) is 4.49. The Morgan fingerprint density at radius 1 is 1.15 bits per heavy atom. The number of anilines is 1. The molecule has 0 saturated heterocycles. The van der Waals surface area contributed by atoms with E-state index in [-0.39, 0.29) is 5.91 Å². The van der Waals surface area contributed by atoms with E-state index in [1.54, 1.807) is 0 Å². The predicted molar refractivity (Wildman–Crippen MR) is 113 cm³/mol. The van der Waals surface area contributed by atoms with Crippen LogP contribution in [0.25, 0.3) is 0 Å². The summed E-state index contributed by atoms with van der Waals surface area (Å²) in [5, 5.41) is 5.61. The third kappa shape index (κ3) is 3.97. The van der Waals surface area contributed by atoms with E-state index in [9.17, 15) is 4.79 Å². The van der Waals surface area contributed by atoms with Crippen LogP contribution in [0.2, 0.25) is 0 Å². The average Bonchev–Trinajstić information content (AvgIpc) is 3.08. The number of rotatable bonds is 4. The highest BCUT2D eigenvalue weighted by Gasteiger charge is 2.17. The zero-order valence-electron chi connectivity index (χ0n) is 14.1. The summed E-state index contributed by atoms with van der Waals surface area (Å²) < 4.78 is 0.936. The Morgan fingerprint density at radius 3 is 2.77 bits per heavy atom. The number of hydrogen-bond acceptors (Lipinski definition) is 4. The highest BCUT2D eigenvalue weighted by Crippen LogP contribution is 2.23. The topological polar surface area (TPSA) is 45.2 Å². The summed E-state index contributed by atoms with van der Waals surface area (Å²) in [5.41, 5.74) is 4.54. The van der Waals surface area contributed by atoms with Crippen molar-refractivity contribution in [2.75, 3.05) is 11.9 Å². The van der Waals surface area contributed by atoms with Gasteiger partial charge in [0.2, 0.25) is 0 Å². The highest BCUT2D eigenvalue weighted by molar-refractivity contribution is 14.1. The zero-order chi connectivity index (χ0) is 17.9. The van der Waals surface area contributed by atoms with Crippen LogP contribution in [0.15, 0.2) is 53.9 Å². The second kappa shape index (κ2) is 7.85. The number of aromatic nitrogens is 1. The molecule has 3 aromatic rings. The number of amides is 1. The summed E-state index contributed by atoms with van der Waals surface area (Å²) in [4.78, 5) is 19.4. The van der Waals surface area contributed by atoms with Gasteiger partial charge >= 0.3 is 0 Å². The molecular formula is C20H18IN3OS. The standard InChI is InChI=1S/C20H18IN3OS/c21-18-8-4-3-7-17(18)19(25)23-20-22-16(13-26-20)12-24-10-9-14-5-1-2-6-15(14)11-24/h1-8,13H,9-12H2,(H,22,23,25). The molecule has 4 rings (SSSR count). The molecule has 1 N–H and O–H groups in total. The quantitative estimate of drug-likeness (QED) is 0.563. The van der Waals surface area contributed by atoms with Gasteiger partial charge in [-0.05, 0) is 52.3 Å². The Morgan fingerprint density at radius 2 is 1.92 bits per heavy atom. The average molecular weight is 475 g/mol. The first-order valence-electron chi connectivity index (χ1n) is 8.48. The molecule has 26 heavy (non-hydrogen) atoms.